The van der Waals surface area contributed by atoms with Crippen LogP contribution < -0.4 is 5.32 Å². The monoisotopic (exact) mass is 397 g/mol. The molecule has 1 fully saturated rings. The summed E-state index contributed by atoms with van der Waals surface area (Å²) >= 11 is 0.988. The second kappa shape index (κ2) is 8.77. The quantitative estimate of drug-likeness (QED) is 0.703. The Morgan fingerprint density at radius 3 is 2.46 bits per heavy atom. The summed E-state index contributed by atoms with van der Waals surface area (Å²) in [4.78, 5) is 24.9. The van der Waals surface area contributed by atoms with Crippen LogP contribution in [0.5, 0.6) is 0 Å². The molecule has 8 nitrogen and oxygen atoms in total. The molecule has 0 bridgehead atoms. The number of hydrogen-bond donors (Lipinski definition) is 1. The van der Waals surface area contributed by atoms with Crippen LogP contribution in [0.3, 0.4) is 0 Å². The number of thiophene rings is 1. The fourth-order valence-electron chi connectivity index (χ4n) is 2.24. The fourth-order valence-corrected chi connectivity index (χ4v) is 4.97. The average molecular weight is 398 g/mol. The molecule has 0 aromatic carbocycles. The number of halogens is 1. The Balaban J connectivity index is 0.00000288. The lowest BCUT2D eigenvalue weighted by Gasteiger charge is -2.33. The van der Waals surface area contributed by atoms with E-state index in [9.17, 15) is 18.0 Å². The van der Waals surface area contributed by atoms with Gasteiger partial charge in [-0.3, -0.25) is 4.79 Å². The summed E-state index contributed by atoms with van der Waals surface area (Å²) in [6.45, 7) is 1.43. The van der Waals surface area contributed by atoms with Crippen LogP contribution >= 0.6 is 23.7 Å². The molecular formula is C13H20ClN3O5S2. The Morgan fingerprint density at radius 2 is 1.92 bits per heavy atom. The van der Waals surface area contributed by atoms with Gasteiger partial charge in [0.25, 0.3) is 10.0 Å². The maximum atomic E-state index is 12.6. The Morgan fingerprint density at radius 1 is 1.29 bits per heavy atom. The Hall–Kier alpha value is -1.20. The highest BCUT2D eigenvalue weighted by Gasteiger charge is 2.31. The number of esters is 1. The Bertz CT molecular complexity index is 684. The zero-order chi connectivity index (χ0) is 17.0. The minimum atomic E-state index is -3.65. The number of methoxy groups -OCH3 is 1. The van der Waals surface area contributed by atoms with Gasteiger partial charge in [0.2, 0.25) is 5.91 Å². The highest BCUT2D eigenvalue weighted by Crippen LogP contribution is 2.25. The number of likely N-dealkylation sites (N-methyl/N-ethyl adjacent to an activating group) is 1. The molecule has 1 amide bonds. The Kier molecular flexibility index (Phi) is 7.61. The number of carbonyl (C=O) groups is 2. The van der Waals surface area contributed by atoms with Crippen molar-refractivity contribution in [1.82, 2.24) is 14.5 Å². The maximum Gasteiger partial charge on any atom is 0.338 e. The van der Waals surface area contributed by atoms with Crippen LogP contribution in [-0.2, 0) is 19.6 Å². The van der Waals surface area contributed by atoms with Gasteiger partial charge in [-0.1, -0.05) is 0 Å². The summed E-state index contributed by atoms with van der Waals surface area (Å²) in [5.41, 5.74) is 0.221. The van der Waals surface area contributed by atoms with Gasteiger partial charge >= 0.3 is 5.97 Å². The van der Waals surface area contributed by atoms with Crippen molar-refractivity contribution in [3.05, 3.63) is 17.0 Å². The van der Waals surface area contributed by atoms with Gasteiger partial charge in [0.15, 0.2) is 0 Å². The molecule has 1 aromatic rings. The number of rotatable bonds is 5. The van der Waals surface area contributed by atoms with Crippen molar-refractivity contribution in [3.63, 3.8) is 0 Å². The summed E-state index contributed by atoms with van der Waals surface area (Å²) in [7, 11) is -0.719. The normalized spacial score (nSPS) is 15.7. The SMILES string of the molecule is CNCC(=O)N1CCN(S(=O)(=O)c2cc(C(=O)OC)cs2)CC1.Cl. The lowest BCUT2D eigenvalue weighted by Crippen LogP contribution is -2.51. The zero-order valence-electron chi connectivity index (χ0n) is 13.4. The zero-order valence-corrected chi connectivity index (χ0v) is 15.8. The fraction of sp³-hybridized carbons (Fsp3) is 0.538. The van der Waals surface area contributed by atoms with E-state index in [4.69, 9.17) is 0 Å². The van der Waals surface area contributed by atoms with Gasteiger partial charge in [0.1, 0.15) is 4.21 Å². The van der Waals surface area contributed by atoms with E-state index in [1.54, 1.807) is 11.9 Å². The summed E-state index contributed by atoms with van der Waals surface area (Å²) in [5, 5.41) is 4.25. The van der Waals surface area contributed by atoms with Gasteiger partial charge < -0.3 is 15.0 Å². The topological polar surface area (TPSA) is 96.0 Å². The van der Waals surface area contributed by atoms with E-state index in [1.807, 2.05) is 0 Å². The predicted molar refractivity (Wildman–Crippen MR) is 92.2 cm³/mol. The molecule has 11 heteroatoms. The first kappa shape index (κ1) is 20.8. The van der Waals surface area contributed by atoms with Crippen LogP contribution in [0.25, 0.3) is 0 Å². The number of carbonyl (C=O) groups excluding carboxylic acids is 2. The van der Waals surface area contributed by atoms with Gasteiger partial charge in [-0.25, -0.2) is 13.2 Å². The van der Waals surface area contributed by atoms with Crippen molar-refractivity contribution in [1.29, 1.82) is 0 Å². The third kappa shape index (κ3) is 4.45. The van der Waals surface area contributed by atoms with E-state index in [0.29, 0.717) is 13.1 Å². The lowest BCUT2D eigenvalue weighted by atomic mass is 10.3. The molecule has 0 radical (unpaired) electrons. The van der Waals surface area contributed by atoms with E-state index in [1.165, 1.54) is 22.9 Å². The van der Waals surface area contributed by atoms with Crippen molar-refractivity contribution in [2.45, 2.75) is 4.21 Å². The van der Waals surface area contributed by atoms with Gasteiger partial charge in [-0.05, 0) is 13.1 Å². The van der Waals surface area contributed by atoms with Crippen LogP contribution in [0.15, 0.2) is 15.7 Å². The minimum absolute atomic E-state index is 0. The predicted octanol–water partition coefficient (Wildman–Crippen LogP) is 0.00880. The first-order valence-corrected chi connectivity index (χ1v) is 9.31. The van der Waals surface area contributed by atoms with Crippen LogP contribution in [0.2, 0.25) is 0 Å². The average Bonchev–Trinajstić information content (AvgIpc) is 3.05. The van der Waals surface area contributed by atoms with Crippen molar-refractivity contribution in [2.24, 2.45) is 0 Å². The third-order valence-electron chi connectivity index (χ3n) is 3.51. The third-order valence-corrected chi connectivity index (χ3v) is 6.82. The number of hydrogen-bond acceptors (Lipinski definition) is 7. The van der Waals surface area contributed by atoms with Crippen LogP contribution in [0, 0.1) is 0 Å². The molecule has 24 heavy (non-hydrogen) atoms. The molecule has 1 N–H and O–H groups in total. The Labute approximate surface area is 151 Å². The van der Waals surface area contributed by atoms with E-state index in [0.717, 1.165) is 11.3 Å². The second-order valence-corrected chi connectivity index (χ2v) is 8.04. The summed E-state index contributed by atoms with van der Waals surface area (Å²) in [6, 6.07) is 1.32. The molecule has 0 aliphatic carbocycles. The maximum absolute atomic E-state index is 12.6. The molecule has 2 rings (SSSR count). The molecule has 1 aromatic heterocycles. The van der Waals surface area contributed by atoms with E-state index in [-0.39, 0.29) is 47.7 Å². The van der Waals surface area contributed by atoms with Gasteiger partial charge in [0.05, 0.1) is 19.2 Å². The molecule has 0 atom stereocenters. The van der Waals surface area contributed by atoms with Crippen LogP contribution in [0.4, 0.5) is 0 Å². The van der Waals surface area contributed by atoms with Crippen molar-refractivity contribution in [2.75, 3.05) is 46.9 Å². The summed E-state index contributed by atoms with van der Waals surface area (Å²) in [5.74, 6) is -0.612. The number of nitrogens with one attached hydrogen (secondary N) is 1. The molecular weight excluding hydrogens is 378 g/mol. The standard InChI is InChI=1S/C13H19N3O5S2.ClH/c1-14-8-11(17)15-3-5-16(6-4-15)23(19,20)12-7-10(9-22-12)13(18)21-2;/h7,9,14H,3-6,8H2,1-2H3;1H. The second-order valence-electron chi connectivity index (χ2n) is 4.96. The highest BCUT2D eigenvalue weighted by atomic mass is 35.5. The molecule has 1 saturated heterocycles. The molecule has 2 heterocycles. The van der Waals surface area contributed by atoms with E-state index < -0.39 is 16.0 Å². The number of amides is 1. The lowest BCUT2D eigenvalue weighted by molar-refractivity contribution is -0.131. The molecule has 0 saturated carbocycles. The van der Waals surface area contributed by atoms with Gasteiger partial charge in [0, 0.05) is 31.6 Å². The van der Waals surface area contributed by atoms with E-state index in [2.05, 4.69) is 10.1 Å². The van der Waals surface area contributed by atoms with Crippen molar-refractivity contribution in [3.8, 4) is 0 Å². The number of piperazine rings is 1. The summed E-state index contributed by atoms with van der Waals surface area (Å²) in [6.07, 6.45) is 0. The molecule has 0 spiro atoms. The van der Waals surface area contributed by atoms with Crippen molar-refractivity contribution >= 4 is 45.6 Å². The number of nitrogens with zero attached hydrogens (tertiary/aromatic N) is 2. The number of sulfonamides is 1. The van der Waals surface area contributed by atoms with Gasteiger partial charge in [-0.2, -0.15) is 4.31 Å². The largest absolute Gasteiger partial charge is 0.465 e. The van der Waals surface area contributed by atoms with Crippen LogP contribution in [-0.4, -0.2) is 76.4 Å². The summed E-state index contributed by atoms with van der Waals surface area (Å²) < 4.78 is 31.2. The van der Waals surface area contributed by atoms with Crippen LogP contribution in [0.1, 0.15) is 10.4 Å². The van der Waals surface area contributed by atoms with Gasteiger partial charge in [-0.15, -0.1) is 23.7 Å². The molecule has 0 unspecified atom stereocenters. The van der Waals surface area contributed by atoms with Crippen molar-refractivity contribution < 1.29 is 22.7 Å². The highest BCUT2D eigenvalue weighted by molar-refractivity contribution is 7.91. The first-order valence-electron chi connectivity index (χ1n) is 6.99. The molecule has 136 valence electrons. The smallest absolute Gasteiger partial charge is 0.338 e. The molecule has 1 aliphatic rings. The minimum Gasteiger partial charge on any atom is -0.465 e. The first-order chi connectivity index (χ1) is 10.9. The molecule has 1 aliphatic heterocycles. The number of ether oxygens (including phenoxy) is 1. The van der Waals surface area contributed by atoms with E-state index >= 15 is 0 Å².